The summed E-state index contributed by atoms with van der Waals surface area (Å²) < 4.78 is 0. The number of aliphatic hydroxyl groups is 1. The molecule has 16 heavy (non-hydrogen) atoms. The highest BCUT2D eigenvalue weighted by molar-refractivity contribution is 7.99. The fourth-order valence-corrected chi connectivity index (χ4v) is 2.77. The smallest absolute Gasteiger partial charge is 0.0664 e. The molecule has 0 aliphatic heterocycles. The van der Waals surface area contributed by atoms with Crippen LogP contribution in [-0.4, -0.2) is 16.5 Å². The SMILES string of the molecule is C=C(C)CC(C)(O)CCSc1ccccc1. The molecule has 1 nitrogen and oxygen atoms in total. The minimum atomic E-state index is -0.617. The Kier molecular flexibility index (Phi) is 5.10. The number of hydrogen-bond acceptors (Lipinski definition) is 2. The predicted molar refractivity (Wildman–Crippen MR) is 71.8 cm³/mol. The van der Waals surface area contributed by atoms with Crippen LogP contribution in [0.5, 0.6) is 0 Å². The van der Waals surface area contributed by atoms with E-state index in [1.807, 2.05) is 32.0 Å². The lowest BCUT2D eigenvalue weighted by atomic mass is 9.95. The number of rotatable bonds is 6. The summed E-state index contributed by atoms with van der Waals surface area (Å²) in [7, 11) is 0. The van der Waals surface area contributed by atoms with Crippen molar-refractivity contribution in [3.8, 4) is 0 Å². The van der Waals surface area contributed by atoms with Crippen molar-refractivity contribution in [1.82, 2.24) is 0 Å². The van der Waals surface area contributed by atoms with Gasteiger partial charge in [-0.2, -0.15) is 0 Å². The second-order valence-electron chi connectivity index (χ2n) is 4.54. The molecule has 0 fully saturated rings. The molecule has 0 amide bonds. The van der Waals surface area contributed by atoms with Gasteiger partial charge in [0, 0.05) is 10.6 Å². The van der Waals surface area contributed by atoms with E-state index in [1.54, 1.807) is 11.8 Å². The molecule has 1 atom stereocenters. The molecule has 0 saturated heterocycles. The maximum Gasteiger partial charge on any atom is 0.0664 e. The molecule has 0 aliphatic carbocycles. The van der Waals surface area contributed by atoms with Gasteiger partial charge in [-0.05, 0) is 38.8 Å². The van der Waals surface area contributed by atoms with Crippen molar-refractivity contribution in [2.45, 2.75) is 37.2 Å². The zero-order chi connectivity index (χ0) is 12.0. The zero-order valence-corrected chi connectivity index (χ0v) is 10.9. The molecule has 0 bridgehead atoms. The molecule has 0 radical (unpaired) electrons. The molecule has 1 aromatic rings. The Hall–Kier alpha value is -0.730. The molecule has 1 N–H and O–H groups in total. The van der Waals surface area contributed by atoms with E-state index in [0.717, 1.165) is 17.7 Å². The van der Waals surface area contributed by atoms with E-state index in [0.29, 0.717) is 6.42 Å². The van der Waals surface area contributed by atoms with Gasteiger partial charge in [0.1, 0.15) is 0 Å². The van der Waals surface area contributed by atoms with Crippen LogP contribution in [0, 0.1) is 0 Å². The lowest BCUT2D eigenvalue weighted by molar-refractivity contribution is 0.0578. The van der Waals surface area contributed by atoms with Crippen molar-refractivity contribution >= 4 is 11.8 Å². The van der Waals surface area contributed by atoms with Crippen molar-refractivity contribution in [3.05, 3.63) is 42.5 Å². The molecule has 2 heteroatoms. The fourth-order valence-electron chi connectivity index (χ4n) is 1.64. The Balaban J connectivity index is 2.32. The summed E-state index contributed by atoms with van der Waals surface area (Å²) in [4.78, 5) is 1.26. The quantitative estimate of drug-likeness (QED) is 0.597. The van der Waals surface area contributed by atoms with E-state index in [1.165, 1.54) is 4.90 Å². The summed E-state index contributed by atoms with van der Waals surface area (Å²) in [5.74, 6) is 0.935. The molecule has 1 aromatic carbocycles. The minimum Gasteiger partial charge on any atom is -0.390 e. The average Bonchev–Trinajstić information content (AvgIpc) is 2.16. The second kappa shape index (κ2) is 6.12. The lowest BCUT2D eigenvalue weighted by Gasteiger charge is -2.23. The molecular formula is C14H20OS. The zero-order valence-electron chi connectivity index (χ0n) is 10.1. The number of benzene rings is 1. The van der Waals surface area contributed by atoms with Gasteiger partial charge in [-0.3, -0.25) is 0 Å². The molecule has 1 rings (SSSR count). The minimum absolute atomic E-state index is 0.617. The summed E-state index contributed by atoms with van der Waals surface area (Å²) in [6.07, 6.45) is 1.47. The third-order valence-electron chi connectivity index (χ3n) is 2.34. The Morgan fingerprint density at radius 3 is 2.56 bits per heavy atom. The third-order valence-corrected chi connectivity index (χ3v) is 3.35. The number of thioether (sulfide) groups is 1. The normalized spacial score (nSPS) is 14.4. The Morgan fingerprint density at radius 1 is 1.38 bits per heavy atom. The Labute approximate surface area is 103 Å². The maximum atomic E-state index is 10.1. The van der Waals surface area contributed by atoms with E-state index >= 15 is 0 Å². The van der Waals surface area contributed by atoms with E-state index in [4.69, 9.17) is 0 Å². The van der Waals surface area contributed by atoms with Crippen LogP contribution in [0.1, 0.15) is 26.7 Å². The van der Waals surface area contributed by atoms with Crippen molar-refractivity contribution < 1.29 is 5.11 Å². The first kappa shape index (κ1) is 13.3. The van der Waals surface area contributed by atoms with Crippen LogP contribution in [0.2, 0.25) is 0 Å². The summed E-state index contributed by atoms with van der Waals surface area (Å²) >= 11 is 1.78. The molecule has 1 unspecified atom stereocenters. The monoisotopic (exact) mass is 236 g/mol. The van der Waals surface area contributed by atoms with Gasteiger partial charge in [0.2, 0.25) is 0 Å². The molecule has 0 aromatic heterocycles. The van der Waals surface area contributed by atoms with Crippen LogP contribution < -0.4 is 0 Å². The van der Waals surface area contributed by atoms with Crippen LogP contribution in [-0.2, 0) is 0 Å². The summed E-state index contributed by atoms with van der Waals surface area (Å²) in [5.41, 5.74) is 0.419. The van der Waals surface area contributed by atoms with Crippen LogP contribution in [0.3, 0.4) is 0 Å². The highest BCUT2D eigenvalue weighted by Crippen LogP contribution is 2.24. The van der Waals surface area contributed by atoms with Gasteiger partial charge in [0.05, 0.1) is 5.60 Å². The maximum absolute atomic E-state index is 10.1. The van der Waals surface area contributed by atoms with Crippen LogP contribution >= 0.6 is 11.8 Å². The Morgan fingerprint density at radius 2 is 2.00 bits per heavy atom. The molecule has 0 spiro atoms. The summed E-state index contributed by atoms with van der Waals surface area (Å²) in [6.45, 7) is 7.68. The van der Waals surface area contributed by atoms with Crippen LogP contribution in [0.25, 0.3) is 0 Å². The van der Waals surface area contributed by atoms with Gasteiger partial charge >= 0.3 is 0 Å². The van der Waals surface area contributed by atoms with Gasteiger partial charge in [-0.25, -0.2) is 0 Å². The molecule has 0 aliphatic rings. The van der Waals surface area contributed by atoms with E-state index in [-0.39, 0.29) is 0 Å². The Bertz CT molecular complexity index is 330. The van der Waals surface area contributed by atoms with Crippen molar-refractivity contribution in [3.63, 3.8) is 0 Å². The predicted octanol–water partition coefficient (Wildman–Crippen LogP) is 3.89. The molecule has 0 saturated carbocycles. The highest BCUT2D eigenvalue weighted by Gasteiger charge is 2.19. The van der Waals surface area contributed by atoms with E-state index in [2.05, 4.69) is 18.7 Å². The first-order chi connectivity index (χ1) is 7.49. The second-order valence-corrected chi connectivity index (χ2v) is 5.71. The largest absolute Gasteiger partial charge is 0.390 e. The molecule has 0 heterocycles. The van der Waals surface area contributed by atoms with Crippen molar-refractivity contribution in [2.75, 3.05) is 5.75 Å². The summed E-state index contributed by atoms with van der Waals surface area (Å²) in [5, 5.41) is 10.1. The van der Waals surface area contributed by atoms with Gasteiger partial charge in [-0.1, -0.05) is 23.8 Å². The van der Waals surface area contributed by atoms with Gasteiger partial charge in [0.25, 0.3) is 0 Å². The summed E-state index contributed by atoms with van der Waals surface area (Å²) in [6, 6.07) is 10.3. The van der Waals surface area contributed by atoms with Crippen molar-refractivity contribution in [1.29, 1.82) is 0 Å². The molecular weight excluding hydrogens is 216 g/mol. The van der Waals surface area contributed by atoms with Gasteiger partial charge < -0.3 is 5.11 Å². The highest BCUT2D eigenvalue weighted by atomic mass is 32.2. The van der Waals surface area contributed by atoms with Crippen LogP contribution in [0.4, 0.5) is 0 Å². The third kappa shape index (κ3) is 5.38. The topological polar surface area (TPSA) is 20.2 Å². The fraction of sp³-hybridized carbons (Fsp3) is 0.429. The number of hydrogen-bond donors (Lipinski definition) is 1. The first-order valence-corrected chi connectivity index (χ1v) is 6.53. The first-order valence-electron chi connectivity index (χ1n) is 5.54. The average molecular weight is 236 g/mol. The standard InChI is InChI=1S/C14H20OS/c1-12(2)11-14(3,15)9-10-16-13-7-5-4-6-8-13/h4-8,15H,1,9-11H2,2-3H3. The van der Waals surface area contributed by atoms with E-state index < -0.39 is 5.60 Å². The molecule has 88 valence electrons. The van der Waals surface area contributed by atoms with Crippen LogP contribution in [0.15, 0.2) is 47.4 Å². The van der Waals surface area contributed by atoms with E-state index in [9.17, 15) is 5.11 Å². The lowest BCUT2D eigenvalue weighted by Crippen LogP contribution is -2.24. The van der Waals surface area contributed by atoms with Gasteiger partial charge in [-0.15, -0.1) is 18.3 Å². The van der Waals surface area contributed by atoms with Crippen molar-refractivity contribution in [2.24, 2.45) is 0 Å². The van der Waals surface area contributed by atoms with Gasteiger partial charge in [0.15, 0.2) is 0 Å².